The summed E-state index contributed by atoms with van der Waals surface area (Å²) < 4.78 is 33.7. The van der Waals surface area contributed by atoms with Gasteiger partial charge in [-0.05, 0) is 44.9 Å². The van der Waals surface area contributed by atoms with E-state index in [-0.39, 0.29) is 26.1 Å². The summed E-state index contributed by atoms with van der Waals surface area (Å²) in [7, 11) is 1.04. The van der Waals surface area contributed by atoms with Crippen molar-refractivity contribution in [2.24, 2.45) is 0 Å². The number of likely N-dealkylation sites (N-methyl/N-ethyl adjacent to an activating group) is 1. The van der Waals surface area contributed by atoms with Gasteiger partial charge in [0.15, 0.2) is 6.10 Å². The molecule has 55 heavy (non-hydrogen) atoms. The Morgan fingerprint density at radius 1 is 0.673 bits per heavy atom. The van der Waals surface area contributed by atoms with E-state index in [2.05, 4.69) is 50.3 Å². The molecule has 0 aromatic carbocycles. The first-order valence-corrected chi connectivity index (χ1v) is 22.6. The first kappa shape index (κ1) is 52.7. The van der Waals surface area contributed by atoms with Gasteiger partial charge in [-0.1, -0.05) is 152 Å². The van der Waals surface area contributed by atoms with E-state index in [1.54, 1.807) is 12.2 Å². The molecule has 0 heterocycles. The van der Waals surface area contributed by atoms with Crippen LogP contribution >= 0.6 is 7.82 Å². The van der Waals surface area contributed by atoms with E-state index in [9.17, 15) is 24.2 Å². The second kappa shape index (κ2) is 36.0. The second-order valence-electron chi connectivity index (χ2n) is 15.2. The van der Waals surface area contributed by atoms with Crippen LogP contribution in [0.5, 0.6) is 0 Å². The summed E-state index contributed by atoms with van der Waals surface area (Å²) in [6, 6.07) is 0. The maximum absolute atomic E-state index is 12.7. The Labute approximate surface area is 335 Å². The average molecular weight is 796 g/mol. The lowest BCUT2D eigenvalue weighted by molar-refractivity contribution is -0.870. The van der Waals surface area contributed by atoms with Gasteiger partial charge in [0.25, 0.3) is 7.82 Å². The largest absolute Gasteiger partial charge is 0.756 e. The number of nitrogens with zero attached hydrogens (tertiary/aromatic N) is 1. The van der Waals surface area contributed by atoms with Gasteiger partial charge in [0.1, 0.15) is 19.8 Å². The fourth-order valence-electron chi connectivity index (χ4n) is 5.33. The van der Waals surface area contributed by atoms with E-state index in [0.717, 1.165) is 44.9 Å². The van der Waals surface area contributed by atoms with Crippen LogP contribution < -0.4 is 4.89 Å². The van der Waals surface area contributed by atoms with E-state index < -0.39 is 38.6 Å². The molecule has 3 atom stereocenters. The number of unbranched alkanes of at least 4 members (excludes halogenated alkanes) is 12. The van der Waals surface area contributed by atoms with Gasteiger partial charge in [-0.15, -0.1) is 0 Å². The Hall–Kier alpha value is -2.33. The van der Waals surface area contributed by atoms with Crippen molar-refractivity contribution in [2.45, 2.75) is 161 Å². The zero-order chi connectivity index (χ0) is 40.9. The van der Waals surface area contributed by atoms with E-state index in [1.807, 2.05) is 33.3 Å². The molecule has 10 nitrogen and oxygen atoms in total. The first-order chi connectivity index (χ1) is 26.4. The molecule has 0 aromatic rings. The zero-order valence-electron chi connectivity index (χ0n) is 35.2. The highest BCUT2D eigenvalue weighted by atomic mass is 31.2. The molecule has 0 aliphatic heterocycles. The van der Waals surface area contributed by atoms with E-state index >= 15 is 0 Å². The molecule has 1 N–H and O–H groups in total. The van der Waals surface area contributed by atoms with Crippen LogP contribution in [0, 0.1) is 0 Å². The van der Waals surface area contributed by atoms with Gasteiger partial charge in [0, 0.05) is 12.8 Å². The second-order valence-corrected chi connectivity index (χ2v) is 16.6. The monoisotopic (exact) mass is 796 g/mol. The quantitative estimate of drug-likeness (QED) is 0.0163. The Morgan fingerprint density at radius 2 is 1.20 bits per heavy atom. The number of hydrogen-bond acceptors (Lipinski definition) is 9. The highest BCUT2D eigenvalue weighted by molar-refractivity contribution is 7.45. The molecule has 0 amide bonds. The number of phosphoric acid groups is 1. The van der Waals surface area contributed by atoms with Crippen molar-refractivity contribution in [1.82, 2.24) is 0 Å². The summed E-state index contributed by atoms with van der Waals surface area (Å²) in [5.41, 5.74) is 0. The fourth-order valence-corrected chi connectivity index (χ4v) is 6.06. The lowest BCUT2D eigenvalue weighted by Gasteiger charge is -2.28. The predicted molar refractivity (Wildman–Crippen MR) is 223 cm³/mol. The molecule has 0 saturated heterocycles. The lowest BCUT2D eigenvalue weighted by atomic mass is 10.0. The van der Waals surface area contributed by atoms with Gasteiger partial charge < -0.3 is 33.0 Å². The predicted octanol–water partition coefficient (Wildman–Crippen LogP) is 10.0. The zero-order valence-corrected chi connectivity index (χ0v) is 36.1. The molecule has 318 valence electrons. The minimum absolute atomic E-state index is 0.00663. The van der Waals surface area contributed by atoms with Gasteiger partial charge in [0.05, 0.1) is 33.9 Å². The molecule has 0 bridgehead atoms. The van der Waals surface area contributed by atoms with E-state index in [0.29, 0.717) is 30.3 Å². The Kier molecular flexibility index (Phi) is 34.5. The Balaban J connectivity index is 4.61. The van der Waals surface area contributed by atoms with Crippen molar-refractivity contribution in [3.05, 3.63) is 60.8 Å². The number of phosphoric ester groups is 1. The van der Waals surface area contributed by atoms with Crippen LogP contribution in [0.15, 0.2) is 60.8 Å². The SMILES string of the molecule is CC/C=C\C/C=C\C/C=C\C/C=C\C=C\C(O)CCCC(=O)OC(COC(=O)CCCCCCCCCCCCCCC)COP(=O)([O-])OCC[N+](C)(C)C. The number of ether oxygens (including phenoxy) is 2. The van der Waals surface area contributed by atoms with Crippen molar-refractivity contribution >= 4 is 19.8 Å². The third kappa shape index (κ3) is 39.7. The Morgan fingerprint density at radius 3 is 1.76 bits per heavy atom. The number of esters is 2. The summed E-state index contributed by atoms with van der Waals surface area (Å²) in [6.07, 6.45) is 38.5. The molecule has 11 heteroatoms. The third-order valence-electron chi connectivity index (χ3n) is 8.66. The average Bonchev–Trinajstić information content (AvgIpc) is 3.12. The Bertz CT molecular complexity index is 1140. The molecule has 0 aromatic heterocycles. The molecule has 3 unspecified atom stereocenters. The van der Waals surface area contributed by atoms with Crippen molar-refractivity contribution in [3.63, 3.8) is 0 Å². The molecule has 0 aliphatic rings. The van der Waals surface area contributed by atoms with E-state index in [4.69, 9.17) is 18.5 Å². The standard InChI is InChI=1S/C44H78NO9P/c1-6-8-10-12-14-16-18-20-22-24-26-28-30-33-41(46)34-32-36-44(48)54-42(40-53-55(49,50)52-38-37-45(3,4)5)39-51-43(47)35-31-29-27-25-23-21-19-17-15-13-11-9-7-2/h8,10,14,16,20,22,26,28,30,33,41-42,46H,6-7,9,11-13,15,17-19,21,23-25,27,29,31-32,34-40H2,1-5H3/b10-8-,16-14-,22-20-,28-26-,33-30+. The van der Waals surface area contributed by atoms with Gasteiger partial charge in [0.2, 0.25) is 0 Å². The van der Waals surface area contributed by atoms with Crippen LogP contribution in [0.2, 0.25) is 0 Å². The number of allylic oxidation sites excluding steroid dienone is 9. The molecule has 0 fully saturated rings. The molecule has 0 saturated carbocycles. The minimum atomic E-state index is -4.68. The number of hydrogen-bond donors (Lipinski definition) is 1. The third-order valence-corrected chi connectivity index (χ3v) is 9.62. The molecule has 0 aliphatic carbocycles. The normalized spacial score (nSPS) is 14.8. The first-order valence-electron chi connectivity index (χ1n) is 21.1. The van der Waals surface area contributed by atoms with Crippen LogP contribution in [-0.2, 0) is 32.7 Å². The summed E-state index contributed by atoms with van der Waals surface area (Å²) in [5.74, 6) is -1.04. The lowest BCUT2D eigenvalue weighted by Crippen LogP contribution is -2.37. The van der Waals surface area contributed by atoms with Gasteiger partial charge in [-0.3, -0.25) is 14.2 Å². The van der Waals surface area contributed by atoms with Crippen LogP contribution in [0.3, 0.4) is 0 Å². The molecule has 0 radical (unpaired) electrons. The number of aliphatic hydroxyl groups excluding tert-OH is 1. The van der Waals surface area contributed by atoms with Crippen molar-refractivity contribution < 1.29 is 47.2 Å². The topological polar surface area (TPSA) is 131 Å². The maximum Gasteiger partial charge on any atom is 0.306 e. The summed E-state index contributed by atoms with van der Waals surface area (Å²) in [6.45, 7) is 3.86. The molecular weight excluding hydrogens is 717 g/mol. The van der Waals surface area contributed by atoms with Gasteiger partial charge >= 0.3 is 11.9 Å². The van der Waals surface area contributed by atoms with Crippen LogP contribution in [-0.4, -0.2) is 81.2 Å². The molecular formula is C44H78NO9P. The smallest absolute Gasteiger partial charge is 0.306 e. The van der Waals surface area contributed by atoms with Crippen LogP contribution in [0.25, 0.3) is 0 Å². The number of quaternary nitrogens is 1. The fraction of sp³-hybridized carbons (Fsp3) is 0.727. The van der Waals surface area contributed by atoms with Crippen molar-refractivity contribution in [2.75, 3.05) is 47.5 Å². The summed E-state index contributed by atoms with van der Waals surface area (Å²) in [5, 5.41) is 10.3. The highest BCUT2D eigenvalue weighted by Gasteiger charge is 2.22. The molecule has 0 spiro atoms. The number of carbonyl (C=O) groups excluding carboxylic acids is 2. The van der Waals surface area contributed by atoms with Crippen LogP contribution in [0.1, 0.15) is 149 Å². The van der Waals surface area contributed by atoms with Crippen molar-refractivity contribution in [3.8, 4) is 0 Å². The number of carbonyl (C=O) groups is 2. The number of aliphatic hydroxyl groups is 1. The summed E-state index contributed by atoms with van der Waals surface area (Å²) in [4.78, 5) is 37.5. The van der Waals surface area contributed by atoms with Crippen molar-refractivity contribution in [1.29, 1.82) is 0 Å². The molecule has 0 rings (SSSR count). The van der Waals surface area contributed by atoms with Gasteiger partial charge in [-0.25, -0.2) is 0 Å². The maximum atomic E-state index is 12.7. The summed E-state index contributed by atoms with van der Waals surface area (Å²) >= 11 is 0. The minimum Gasteiger partial charge on any atom is -0.756 e. The highest BCUT2D eigenvalue weighted by Crippen LogP contribution is 2.38. The van der Waals surface area contributed by atoms with Crippen LogP contribution in [0.4, 0.5) is 0 Å². The van der Waals surface area contributed by atoms with E-state index in [1.165, 1.54) is 57.8 Å². The van der Waals surface area contributed by atoms with Gasteiger partial charge in [-0.2, -0.15) is 0 Å². The number of rotatable bonds is 37.